The van der Waals surface area contributed by atoms with Gasteiger partial charge >= 0.3 is 0 Å². The van der Waals surface area contributed by atoms with Gasteiger partial charge in [-0.15, -0.1) is 0 Å². The normalized spacial score (nSPS) is 16.1. The Bertz CT molecular complexity index is 881. The van der Waals surface area contributed by atoms with Crippen LogP contribution in [0.4, 0.5) is 11.4 Å². The molecule has 2 heterocycles. The molecule has 1 atom stereocenters. The maximum atomic E-state index is 3.62. The number of benzene rings is 2. The fourth-order valence-electron chi connectivity index (χ4n) is 3.57. The molecule has 0 spiro atoms. The van der Waals surface area contributed by atoms with Crippen molar-refractivity contribution >= 4 is 28.4 Å². The van der Waals surface area contributed by atoms with Crippen LogP contribution in [0.15, 0.2) is 77.5 Å². The van der Waals surface area contributed by atoms with E-state index >= 15 is 0 Å². The summed E-state index contributed by atoms with van der Waals surface area (Å²) >= 11 is 1.74. The summed E-state index contributed by atoms with van der Waals surface area (Å²) in [6, 6.07) is 21.8. The summed E-state index contributed by atoms with van der Waals surface area (Å²) in [5.74, 6) is 0. The van der Waals surface area contributed by atoms with Crippen molar-refractivity contribution in [3.63, 3.8) is 0 Å². The van der Waals surface area contributed by atoms with Gasteiger partial charge in [-0.2, -0.15) is 11.3 Å². The van der Waals surface area contributed by atoms with Gasteiger partial charge in [-0.1, -0.05) is 30.3 Å². The Labute approximate surface area is 165 Å². The van der Waals surface area contributed by atoms with E-state index in [1.54, 1.807) is 11.3 Å². The maximum Gasteiger partial charge on any atom is 0.0966 e. The third-order valence-corrected chi connectivity index (χ3v) is 5.77. The SMILES string of the molecule is CCN(CC)c1ccc(C2=CC(c3ccsc3)N(c3ccccc3)N2)cc1. The Morgan fingerprint density at radius 3 is 2.33 bits per heavy atom. The lowest BCUT2D eigenvalue weighted by Crippen LogP contribution is -2.33. The van der Waals surface area contributed by atoms with Gasteiger partial charge in [0.25, 0.3) is 0 Å². The second-order valence-electron chi connectivity index (χ2n) is 6.62. The van der Waals surface area contributed by atoms with Crippen LogP contribution < -0.4 is 15.3 Å². The van der Waals surface area contributed by atoms with E-state index in [2.05, 4.69) is 107 Å². The van der Waals surface area contributed by atoms with Gasteiger partial charge in [0.05, 0.1) is 17.4 Å². The van der Waals surface area contributed by atoms with E-state index in [1.807, 2.05) is 0 Å². The number of anilines is 2. The minimum Gasteiger partial charge on any atom is -0.372 e. The van der Waals surface area contributed by atoms with E-state index in [0.29, 0.717) is 0 Å². The number of nitrogens with zero attached hydrogens (tertiary/aromatic N) is 2. The minimum absolute atomic E-state index is 0.191. The van der Waals surface area contributed by atoms with Crippen molar-refractivity contribution < 1.29 is 0 Å². The first-order chi connectivity index (χ1) is 13.3. The summed E-state index contributed by atoms with van der Waals surface area (Å²) in [6.45, 7) is 6.45. The summed E-state index contributed by atoms with van der Waals surface area (Å²) in [5, 5.41) is 6.62. The molecule has 1 aliphatic rings. The topological polar surface area (TPSA) is 18.5 Å². The Morgan fingerprint density at radius 1 is 0.963 bits per heavy atom. The van der Waals surface area contributed by atoms with Crippen LogP contribution in [0.25, 0.3) is 5.70 Å². The zero-order chi connectivity index (χ0) is 18.6. The zero-order valence-electron chi connectivity index (χ0n) is 15.8. The molecule has 1 N–H and O–H groups in total. The number of rotatable bonds is 6. The highest BCUT2D eigenvalue weighted by Crippen LogP contribution is 2.35. The molecule has 0 aliphatic carbocycles. The molecule has 138 valence electrons. The molecule has 0 bridgehead atoms. The fourth-order valence-corrected chi connectivity index (χ4v) is 4.26. The van der Waals surface area contributed by atoms with Crippen LogP contribution in [0.1, 0.15) is 31.0 Å². The van der Waals surface area contributed by atoms with E-state index in [1.165, 1.54) is 22.5 Å². The molecule has 0 saturated carbocycles. The highest BCUT2D eigenvalue weighted by molar-refractivity contribution is 7.08. The lowest BCUT2D eigenvalue weighted by molar-refractivity contribution is 0.726. The second kappa shape index (κ2) is 7.89. The standard InChI is InChI=1S/C23H25N3S/c1-3-25(4-2)20-12-10-18(11-13-20)22-16-23(19-14-15-27-17-19)26(24-22)21-8-6-5-7-9-21/h5-17,23-24H,3-4H2,1-2H3. The smallest absolute Gasteiger partial charge is 0.0966 e. The van der Waals surface area contributed by atoms with Crippen molar-refractivity contribution in [3.8, 4) is 0 Å². The number of para-hydroxylation sites is 1. The van der Waals surface area contributed by atoms with Crippen molar-refractivity contribution in [1.29, 1.82) is 0 Å². The molecular weight excluding hydrogens is 350 g/mol. The molecule has 1 unspecified atom stereocenters. The Balaban J connectivity index is 1.64. The molecule has 4 rings (SSSR count). The van der Waals surface area contributed by atoms with E-state index in [9.17, 15) is 0 Å². The van der Waals surface area contributed by atoms with Crippen LogP contribution in [-0.2, 0) is 0 Å². The van der Waals surface area contributed by atoms with Crippen LogP contribution >= 0.6 is 11.3 Å². The molecule has 3 aromatic rings. The van der Waals surface area contributed by atoms with Gasteiger partial charge in [0.2, 0.25) is 0 Å². The average molecular weight is 376 g/mol. The van der Waals surface area contributed by atoms with E-state index in [0.717, 1.165) is 18.8 Å². The van der Waals surface area contributed by atoms with Crippen molar-refractivity contribution in [3.05, 3.63) is 88.6 Å². The molecule has 1 aliphatic heterocycles. The Morgan fingerprint density at radius 2 is 1.70 bits per heavy atom. The predicted octanol–water partition coefficient (Wildman–Crippen LogP) is 5.70. The van der Waals surface area contributed by atoms with E-state index in [4.69, 9.17) is 0 Å². The monoisotopic (exact) mass is 375 g/mol. The van der Waals surface area contributed by atoms with Gasteiger partial charge in [0.15, 0.2) is 0 Å². The number of hydrogen-bond donors (Lipinski definition) is 1. The summed E-state index contributed by atoms with van der Waals surface area (Å²) in [4.78, 5) is 2.37. The highest BCUT2D eigenvalue weighted by Gasteiger charge is 2.27. The first-order valence-electron chi connectivity index (χ1n) is 9.50. The molecule has 3 nitrogen and oxygen atoms in total. The van der Waals surface area contributed by atoms with E-state index < -0.39 is 0 Å². The minimum atomic E-state index is 0.191. The van der Waals surface area contributed by atoms with Gasteiger partial charge in [0, 0.05) is 18.8 Å². The Kier molecular flexibility index (Phi) is 5.16. The van der Waals surface area contributed by atoms with Gasteiger partial charge in [-0.25, -0.2) is 0 Å². The number of nitrogens with one attached hydrogen (secondary N) is 1. The van der Waals surface area contributed by atoms with Crippen molar-refractivity contribution in [2.24, 2.45) is 0 Å². The molecule has 27 heavy (non-hydrogen) atoms. The first kappa shape index (κ1) is 17.7. The van der Waals surface area contributed by atoms with Gasteiger partial charge in [-0.05, 0) is 72.1 Å². The van der Waals surface area contributed by atoms with Crippen LogP contribution in [0.2, 0.25) is 0 Å². The number of thiophene rings is 1. The van der Waals surface area contributed by atoms with Crippen molar-refractivity contribution in [2.75, 3.05) is 23.0 Å². The molecular formula is C23H25N3S. The fraction of sp³-hybridized carbons (Fsp3) is 0.217. The zero-order valence-corrected chi connectivity index (χ0v) is 16.6. The van der Waals surface area contributed by atoms with Crippen LogP contribution in [0.3, 0.4) is 0 Å². The summed E-state index contributed by atoms with van der Waals surface area (Å²) in [5.41, 5.74) is 9.74. The predicted molar refractivity (Wildman–Crippen MR) is 117 cm³/mol. The third kappa shape index (κ3) is 3.58. The quantitative estimate of drug-likeness (QED) is 0.596. The number of hydrogen-bond acceptors (Lipinski definition) is 4. The van der Waals surface area contributed by atoms with Gasteiger partial charge in [-0.3, -0.25) is 10.4 Å². The lowest BCUT2D eigenvalue weighted by atomic mass is 10.1. The van der Waals surface area contributed by atoms with Gasteiger partial charge in [0.1, 0.15) is 0 Å². The molecule has 0 radical (unpaired) electrons. The van der Waals surface area contributed by atoms with Crippen LogP contribution in [0.5, 0.6) is 0 Å². The van der Waals surface area contributed by atoms with E-state index in [-0.39, 0.29) is 6.04 Å². The summed E-state index contributed by atoms with van der Waals surface area (Å²) < 4.78 is 0. The molecule has 2 aromatic carbocycles. The average Bonchev–Trinajstić information content (AvgIpc) is 3.40. The van der Waals surface area contributed by atoms with Crippen molar-refractivity contribution in [1.82, 2.24) is 5.43 Å². The number of hydrazine groups is 1. The molecule has 0 amide bonds. The van der Waals surface area contributed by atoms with Crippen LogP contribution in [0, 0.1) is 0 Å². The van der Waals surface area contributed by atoms with Gasteiger partial charge < -0.3 is 4.90 Å². The summed E-state index contributed by atoms with van der Waals surface area (Å²) in [7, 11) is 0. The molecule has 0 fully saturated rings. The third-order valence-electron chi connectivity index (χ3n) is 5.07. The highest BCUT2D eigenvalue weighted by atomic mass is 32.1. The molecule has 0 saturated heterocycles. The largest absolute Gasteiger partial charge is 0.372 e. The molecule has 4 heteroatoms. The van der Waals surface area contributed by atoms with Crippen LogP contribution in [-0.4, -0.2) is 13.1 Å². The Hall–Kier alpha value is -2.72. The maximum absolute atomic E-state index is 3.62. The lowest BCUT2D eigenvalue weighted by Gasteiger charge is -2.27. The second-order valence-corrected chi connectivity index (χ2v) is 7.40. The first-order valence-corrected chi connectivity index (χ1v) is 10.4. The summed E-state index contributed by atoms with van der Waals surface area (Å²) in [6.07, 6.45) is 2.32. The van der Waals surface area contributed by atoms with Crippen molar-refractivity contribution in [2.45, 2.75) is 19.9 Å². The molecule has 1 aromatic heterocycles.